The lowest BCUT2D eigenvalue weighted by Gasteiger charge is -2.18. The average Bonchev–Trinajstić information content (AvgIpc) is 3.10. The summed E-state index contributed by atoms with van der Waals surface area (Å²) in [7, 11) is 1.67. The molecule has 1 heterocycles. The molecule has 2 aromatic rings. The topological polar surface area (TPSA) is 47.7 Å². The lowest BCUT2D eigenvalue weighted by molar-refractivity contribution is 0.311. The largest absolute Gasteiger partial charge is 0.493 e. The number of benzene rings is 2. The van der Waals surface area contributed by atoms with E-state index in [-0.39, 0.29) is 0 Å². The minimum absolute atomic E-state index is 0.471. The Morgan fingerprint density at radius 1 is 1.15 bits per heavy atom. The maximum atomic E-state index is 6.06. The van der Waals surface area contributed by atoms with E-state index in [1.807, 2.05) is 6.07 Å². The molecule has 2 atom stereocenters. The summed E-state index contributed by atoms with van der Waals surface area (Å²) in [6.45, 7) is 7.81. The van der Waals surface area contributed by atoms with Crippen molar-refractivity contribution in [3.63, 3.8) is 0 Å². The highest BCUT2D eigenvalue weighted by Gasteiger charge is 2.32. The molecule has 0 radical (unpaired) electrons. The third-order valence-electron chi connectivity index (χ3n) is 5.04. The van der Waals surface area contributed by atoms with Gasteiger partial charge in [0.2, 0.25) is 0 Å². The highest BCUT2D eigenvalue weighted by Crippen LogP contribution is 2.34. The van der Waals surface area contributed by atoms with Crippen molar-refractivity contribution in [3.8, 4) is 11.5 Å². The number of methoxy groups -OCH3 is 1. The second kappa shape index (κ2) is 8.88. The first-order valence-corrected chi connectivity index (χ1v) is 9.13. The highest BCUT2D eigenvalue weighted by molar-refractivity contribution is 5.43. The van der Waals surface area contributed by atoms with Gasteiger partial charge in [0.05, 0.1) is 7.11 Å². The molecule has 4 nitrogen and oxygen atoms in total. The zero-order valence-corrected chi connectivity index (χ0v) is 15.4. The van der Waals surface area contributed by atoms with E-state index in [1.165, 1.54) is 11.1 Å². The summed E-state index contributed by atoms with van der Waals surface area (Å²) in [5.74, 6) is 2.51. The Balaban J connectivity index is 1.70. The molecule has 1 aliphatic heterocycles. The summed E-state index contributed by atoms with van der Waals surface area (Å²) >= 11 is 0. The number of hydrogen-bond donors (Lipinski definition) is 1. The fraction of sp³-hybridized carbons (Fsp3) is 0.364. The van der Waals surface area contributed by atoms with Gasteiger partial charge in [-0.2, -0.15) is 0 Å². The van der Waals surface area contributed by atoms with Crippen LogP contribution in [0.25, 0.3) is 0 Å². The Labute approximate surface area is 156 Å². The van der Waals surface area contributed by atoms with Gasteiger partial charge < -0.3 is 15.2 Å². The quantitative estimate of drug-likeness (QED) is 0.740. The molecule has 0 bridgehead atoms. The summed E-state index contributed by atoms with van der Waals surface area (Å²) in [6, 6.07) is 16.9. The van der Waals surface area contributed by atoms with Gasteiger partial charge in [-0.1, -0.05) is 49.1 Å². The summed E-state index contributed by atoms with van der Waals surface area (Å²) in [6.07, 6.45) is 1.73. The molecule has 1 aliphatic rings. The van der Waals surface area contributed by atoms with Crippen molar-refractivity contribution in [2.24, 2.45) is 11.7 Å². The van der Waals surface area contributed by atoms with Crippen molar-refractivity contribution in [1.29, 1.82) is 0 Å². The molecular formula is C22H28N2O2. The minimum Gasteiger partial charge on any atom is -0.493 e. The van der Waals surface area contributed by atoms with Gasteiger partial charge in [0.25, 0.3) is 0 Å². The molecule has 26 heavy (non-hydrogen) atoms. The maximum Gasteiger partial charge on any atom is 0.161 e. The monoisotopic (exact) mass is 352 g/mol. The normalized spacial score (nSPS) is 20.1. The first-order valence-electron chi connectivity index (χ1n) is 9.13. The van der Waals surface area contributed by atoms with Crippen molar-refractivity contribution < 1.29 is 9.47 Å². The van der Waals surface area contributed by atoms with E-state index >= 15 is 0 Å². The Hall–Kier alpha value is -2.30. The molecule has 4 heteroatoms. The number of hydrogen-bond acceptors (Lipinski definition) is 4. The second-order valence-electron chi connectivity index (χ2n) is 6.79. The highest BCUT2D eigenvalue weighted by atomic mass is 16.5. The number of rotatable bonds is 8. The van der Waals surface area contributed by atoms with Crippen LogP contribution < -0.4 is 15.2 Å². The second-order valence-corrected chi connectivity index (χ2v) is 6.79. The number of nitrogens with two attached hydrogens (primary N) is 1. The van der Waals surface area contributed by atoms with Crippen molar-refractivity contribution in [2.45, 2.75) is 12.5 Å². The number of nitrogens with zero attached hydrogens (tertiary/aromatic N) is 1. The van der Waals surface area contributed by atoms with Crippen LogP contribution in [0.4, 0.5) is 0 Å². The first kappa shape index (κ1) is 18.5. The van der Waals surface area contributed by atoms with Crippen LogP contribution >= 0.6 is 0 Å². The van der Waals surface area contributed by atoms with Crippen LogP contribution in [0.5, 0.6) is 11.5 Å². The van der Waals surface area contributed by atoms with Gasteiger partial charge in [-0.3, -0.25) is 4.90 Å². The van der Waals surface area contributed by atoms with Gasteiger partial charge in [-0.25, -0.2) is 0 Å². The third-order valence-corrected chi connectivity index (χ3v) is 5.04. The van der Waals surface area contributed by atoms with E-state index in [0.717, 1.165) is 31.1 Å². The Bertz CT molecular complexity index is 717. The van der Waals surface area contributed by atoms with Crippen LogP contribution in [-0.2, 0) is 6.54 Å². The van der Waals surface area contributed by atoms with Gasteiger partial charge in [0.15, 0.2) is 11.5 Å². The predicted octanol–water partition coefficient (Wildman–Crippen LogP) is 3.43. The Kier molecular flexibility index (Phi) is 6.31. The molecule has 0 amide bonds. The van der Waals surface area contributed by atoms with Crippen LogP contribution in [0.1, 0.15) is 17.0 Å². The molecule has 3 rings (SSSR count). The van der Waals surface area contributed by atoms with E-state index in [0.29, 0.717) is 25.0 Å². The third kappa shape index (κ3) is 4.26. The number of likely N-dealkylation sites (tertiary alicyclic amines) is 1. The molecular weight excluding hydrogens is 324 g/mol. The van der Waals surface area contributed by atoms with Gasteiger partial charge in [0, 0.05) is 25.6 Å². The van der Waals surface area contributed by atoms with E-state index in [9.17, 15) is 0 Å². The van der Waals surface area contributed by atoms with Crippen LogP contribution in [0.2, 0.25) is 0 Å². The molecule has 0 unspecified atom stereocenters. The molecule has 0 spiro atoms. The van der Waals surface area contributed by atoms with Crippen molar-refractivity contribution >= 4 is 0 Å². The summed E-state index contributed by atoms with van der Waals surface area (Å²) in [4.78, 5) is 2.48. The van der Waals surface area contributed by atoms with Crippen molar-refractivity contribution in [1.82, 2.24) is 4.90 Å². The van der Waals surface area contributed by atoms with Crippen LogP contribution in [0.15, 0.2) is 61.2 Å². The van der Waals surface area contributed by atoms with E-state index in [2.05, 4.69) is 53.9 Å². The van der Waals surface area contributed by atoms with Crippen LogP contribution in [-0.4, -0.2) is 38.3 Å². The fourth-order valence-corrected chi connectivity index (χ4v) is 3.74. The SMILES string of the molecule is C=CCOc1ccc(CN2C[C@@H](CN)[C@H](c3ccccc3)C2)cc1OC. The summed E-state index contributed by atoms with van der Waals surface area (Å²) < 4.78 is 11.1. The molecule has 2 N–H and O–H groups in total. The molecule has 138 valence electrons. The maximum absolute atomic E-state index is 6.06. The lowest BCUT2D eigenvalue weighted by atomic mass is 9.89. The zero-order chi connectivity index (χ0) is 18.4. The number of ether oxygens (including phenoxy) is 2. The molecule has 0 saturated carbocycles. The van der Waals surface area contributed by atoms with Crippen LogP contribution in [0, 0.1) is 5.92 Å². The molecule has 0 aliphatic carbocycles. The predicted molar refractivity (Wildman–Crippen MR) is 106 cm³/mol. The standard InChI is InChI=1S/C22H28N2O2/c1-3-11-26-21-10-9-17(12-22(21)25-2)14-24-15-19(13-23)20(16-24)18-7-5-4-6-8-18/h3-10,12,19-20H,1,11,13-16,23H2,2H3/t19-,20+/m1/s1. The van der Waals surface area contributed by atoms with Crippen molar-refractivity contribution in [2.75, 3.05) is 33.4 Å². The molecule has 2 aromatic carbocycles. The lowest BCUT2D eigenvalue weighted by Crippen LogP contribution is -2.23. The van der Waals surface area contributed by atoms with E-state index < -0.39 is 0 Å². The average molecular weight is 352 g/mol. The van der Waals surface area contributed by atoms with Gasteiger partial charge in [-0.15, -0.1) is 0 Å². The van der Waals surface area contributed by atoms with Gasteiger partial charge >= 0.3 is 0 Å². The summed E-state index contributed by atoms with van der Waals surface area (Å²) in [5, 5.41) is 0. The summed E-state index contributed by atoms with van der Waals surface area (Å²) in [5.41, 5.74) is 8.66. The zero-order valence-electron chi connectivity index (χ0n) is 15.4. The van der Waals surface area contributed by atoms with E-state index in [1.54, 1.807) is 13.2 Å². The molecule has 1 saturated heterocycles. The molecule has 1 fully saturated rings. The molecule has 0 aromatic heterocycles. The van der Waals surface area contributed by atoms with Crippen LogP contribution in [0.3, 0.4) is 0 Å². The van der Waals surface area contributed by atoms with Crippen molar-refractivity contribution in [3.05, 3.63) is 72.3 Å². The Morgan fingerprint density at radius 2 is 1.96 bits per heavy atom. The first-order chi connectivity index (χ1) is 12.7. The van der Waals surface area contributed by atoms with E-state index in [4.69, 9.17) is 15.2 Å². The Morgan fingerprint density at radius 3 is 2.65 bits per heavy atom. The van der Waals surface area contributed by atoms with Gasteiger partial charge in [-0.05, 0) is 35.7 Å². The minimum atomic E-state index is 0.471. The smallest absolute Gasteiger partial charge is 0.161 e. The fourth-order valence-electron chi connectivity index (χ4n) is 3.74. The van der Waals surface area contributed by atoms with Gasteiger partial charge in [0.1, 0.15) is 6.61 Å².